The molecule has 2 N–H and O–H groups in total. The molecule has 0 bridgehead atoms. The summed E-state index contributed by atoms with van der Waals surface area (Å²) in [6.45, 7) is 4.46. The van der Waals surface area contributed by atoms with Crippen LogP contribution in [0.1, 0.15) is 174 Å². The van der Waals surface area contributed by atoms with Crippen LogP contribution in [0.25, 0.3) is 0 Å². The molecule has 0 radical (unpaired) electrons. The maximum atomic E-state index is 12.9. The summed E-state index contributed by atoms with van der Waals surface area (Å²) >= 11 is 0. The van der Waals surface area contributed by atoms with Crippen LogP contribution in [-0.2, 0) is 18.4 Å². The minimum absolute atomic E-state index is 0.0122. The summed E-state index contributed by atoms with van der Waals surface area (Å²) < 4.78 is 23.2. The number of aliphatic hydroxyl groups excluding tert-OH is 1. The number of amides is 1. The lowest BCUT2D eigenvalue weighted by Crippen LogP contribution is -2.45. The van der Waals surface area contributed by atoms with Crippen molar-refractivity contribution in [3.8, 4) is 0 Å². The van der Waals surface area contributed by atoms with Crippen molar-refractivity contribution >= 4 is 13.7 Å². The standard InChI is InChI=1S/C56H95N2O6P/c1-6-8-10-12-14-16-18-19-20-21-22-23-24-25-26-27-28-29-30-31-32-33-34-35-36-37-38-39-40-42-44-46-48-50-56(60)57-54(53-64-65(61,62)63-52-51-58(3,4)5)55(59)49-47-45-43-41-17-15-13-11-9-7-2/h8,10,14,16,19-20,22-23,25-26,28-29,31-32,34-35,37-38,47,49,54-55,59H,6-7,9,11-13,15,17-18,21,24,27,30,33,36,39-46,48,50-53H2,1-5H3,(H-,57,60,61,62)/b10-8-,16-14-,20-19-,23-22-,26-25-,29-28-,32-31-,35-34-,38-37-,49-47+. The Hall–Kier alpha value is -3.10. The Labute approximate surface area is 399 Å². The first-order chi connectivity index (χ1) is 31.5. The van der Waals surface area contributed by atoms with E-state index in [1.807, 2.05) is 27.2 Å². The Morgan fingerprint density at radius 3 is 1.37 bits per heavy atom. The van der Waals surface area contributed by atoms with E-state index in [1.165, 1.54) is 38.5 Å². The van der Waals surface area contributed by atoms with Crippen LogP contribution in [0.15, 0.2) is 122 Å². The van der Waals surface area contributed by atoms with Crippen LogP contribution in [0.3, 0.4) is 0 Å². The number of carbonyl (C=O) groups excluding carboxylic acids is 1. The Balaban J connectivity index is 4.23. The summed E-state index contributed by atoms with van der Waals surface area (Å²) in [5.74, 6) is -0.225. The van der Waals surface area contributed by atoms with E-state index in [-0.39, 0.29) is 12.5 Å². The third kappa shape index (κ3) is 48.6. The van der Waals surface area contributed by atoms with Crippen molar-refractivity contribution < 1.29 is 32.9 Å². The van der Waals surface area contributed by atoms with E-state index in [0.29, 0.717) is 17.4 Å². The average molecular weight is 923 g/mol. The minimum Gasteiger partial charge on any atom is -0.756 e. The Kier molecular flexibility index (Phi) is 43.8. The van der Waals surface area contributed by atoms with Crippen LogP contribution in [-0.4, -0.2) is 68.5 Å². The first kappa shape index (κ1) is 61.9. The van der Waals surface area contributed by atoms with E-state index in [9.17, 15) is 19.4 Å². The lowest BCUT2D eigenvalue weighted by Gasteiger charge is -2.29. The summed E-state index contributed by atoms with van der Waals surface area (Å²) in [5, 5.41) is 13.7. The number of quaternary nitrogens is 1. The molecule has 0 heterocycles. The molecule has 65 heavy (non-hydrogen) atoms. The van der Waals surface area contributed by atoms with Gasteiger partial charge in [0.15, 0.2) is 0 Å². The number of nitrogens with zero attached hydrogens (tertiary/aromatic N) is 1. The SMILES string of the molecule is CC/C=C\C/C=C\C/C=C\C/C=C\C/C=C\C/C=C\C/C=C\C/C=C\C/C=C\CCCCCCCC(=O)NC(COP(=O)([O-])OCC[N+](C)(C)C)C(O)/C=C/CCCCCCCCCC. The van der Waals surface area contributed by atoms with E-state index in [0.717, 1.165) is 116 Å². The van der Waals surface area contributed by atoms with Gasteiger partial charge in [0.25, 0.3) is 7.82 Å². The van der Waals surface area contributed by atoms with E-state index in [1.54, 1.807) is 6.08 Å². The van der Waals surface area contributed by atoms with Crippen LogP contribution in [0.5, 0.6) is 0 Å². The van der Waals surface area contributed by atoms with E-state index >= 15 is 0 Å². The van der Waals surface area contributed by atoms with Crippen LogP contribution in [0.2, 0.25) is 0 Å². The molecule has 0 aliphatic carbocycles. The van der Waals surface area contributed by atoms with Gasteiger partial charge < -0.3 is 28.8 Å². The molecule has 0 aromatic heterocycles. The highest BCUT2D eigenvalue weighted by molar-refractivity contribution is 7.45. The van der Waals surface area contributed by atoms with E-state index in [4.69, 9.17) is 9.05 Å². The summed E-state index contributed by atoms with van der Waals surface area (Å²) in [5.41, 5.74) is 0. The molecule has 0 aliphatic rings. The molecule has 3 atom stereocenters. The number of hydrogen-bond acceptors (Lipinski definition) is 6. The number of aliphatic hydroxyl groups is 1. The number of phosphoric ester groups is 1. The zero-order valence-corrected chi connectivity index (χ0v) is 42.8. The lowest BCUT2D eigenvalue weighted by atomic mass is 10.1. The van der Waals surface area contributed by atoms with E-state index in [2.05, 4.69) is 129 Å². The molecular weight excluding hydrogens is 828 g/mol. The number of hydrogen-bond donors (Lipinski definition) is 2. The first-order valence-electron chi connectivity index (χ1n) is 25.4. The van der Waals surface area contributed by atoms with Crippen molar-refractivity contribution in [1.82, 2.24) is 5.32 Å². The summed E-state index contributed by atoms with van der Waals surface area (Å²) in [7, 11) is 1.22. The highest BCUT2D eigenvalue weighted by atomic mass is 31.2. The van der Waals surface area contributed by atoms with Crippen molar-refractivity contribution in [2.75, 3.05) is 40.9 Å². The molecule has 0 aromatic rings. The maximum absolute atomic E-state index is 12.9. The zero-order valence-electron chi connectivity index (χ0n) is 41.9. The van der Waals surface area contributed by atoms with Gasteiger partial charge in [-0.2, -0.15) is 0 Å². The predicted molar refractivity (Wildman–Crippen MR) is 279 cm³/mol. The fraction of sp³-hybridized carbons (Fsp3) is 0.625. The topological polar surface area (TPSA) is 108 Å². The molecule has 0 saturated carbocycles. The van der Waals surface area contributed by atoms with Gasteiger partial charge in [-0.3, -0.25) is 9.36 Å². The van der Waals surface area contributed by atoms with Gasteiger partial charge >= 0.3 is 0 Å². The number of carbonyl (C=O) groups is 1. The number of rotatable bonds is 44. The van der Waals surface area contributed by atoms with Gasteiger partial charge in [0.1, 0.15) is 13.2 Å². The largest absolute Gasteiger partial charge is 0.756 e. The van der Waals surface area contributed by atoms with Gasteiger partial charge in [0.2, 0.25) is 5.91 Å². The predicted octanol–water partition coefficient (Wildman–Crippen LogP) is 14.4. The molecule has 9 heteroatoms. The van der Waals surface area contributed by atoms with Crippen molar-refractivity contribution in [3.63, 3.8) is 0 Å². The highest BCUT2D eigenvalue weighted by Crippen LogP contribution is 2.38. The van der Waals surface area contributed by atoms with Crippen LogP contribution < -0.4 is 10.2 Å². The zero-order chi connectivity index (χ0) is 47.8. The van der Waals surface area contributed by atoms with Gasteiger partial charge in [-0.15, -0.1) is 0 Å². The van der Waals surface area contributed by atoms with Crippen LogP contribution in [0, 0.1) is 0 Å². The van der Waals surface area contributed by atoms with Gasteiger partial charge in [-0.05, 0) is 89.9 Å². The van der Waals surface area contributed by atoms with Crippen LogP contribution >= 0.6 is 7.82 Å². The molecule has 0 saturated heterocycles. The minimum atomic E-state index is -4.60. The molecule has 0 rings (SSSR count). The molecule has 0 aromatic carbocycles. The fourth-order valence-electron chi connectivity index (χ4n) is 6.44. The number of nitrogens with one attached hydrogen (secondary N) is 1. The third-order valence-corrected chi connectivity index (χ3v) is 11.4. The molecular formula is C56H95N2O6P. The maximum Gasteiger partial charge on any atom is 0.268 e. The first-order valence-corrected chi connectivity index (χ1v) is 26.9. The number of allylic oxidation sites excluding steroid dienone is 19. The summed E-state index contributed by atoms with van der Waals surface area (Å²) in [6.07, 6.45) is 68.4. The second-order valence-electron chi connectivity index (χ2n) is 17.8. The average Bonchev–Trinajstić information content (AvgIpc) is 3.26. The van der Waals surface area contributed by atoms with Crippen molar-refractivity contribution in [2.45, 2.75) is 187 Å². The Morgan fingerprint density at radius 2 is 0.938 bits per heavy atom. The summed E-state index contributed by atoms with van der Waals surface area (Å²) in [4.78, 5) is 25.3. The van der Waals surface area contributed by atoms with Crippen molar-refractivity contribution in [1.29, 1.82) is 0 Å². The molecule has 3 unspecified atom stereocenters. The van der Waals surface area contributed by atoms with Gasteiger partial charge in [0, 0.05) is 6.42 Å². The van der Waals surface area contributed by atoms with Crippen molar-refractivity contribution in [3.05, 3.63) is 122 Å². The lowest BCUT2D eigenvalue weighted by molar-refractivity contribution is -0.870. The van der Waals surface area contributed by atoms with Crippen molar-refractivity contribution in [2.24, 2.45) is 0 Å². The van der Waals surface area contributed by atoms with Gasteiger partial charge in [-0.25, -0.2) is 0 Å². The molecule has 0 spiro atoms. The monoisotopic (exact) mass is 923 g/mol. The number of likely N-dealkylation sites (N-methyl/N-ethyl adjacent to an activating group) is 1. The van der Waals surface area contributed by atoms with E-state index < -0.39 is 26.6 Å². The van der Waals surface area contributed by atoms with Gasteiger partial charge in [-0.1, -0.05) is 200 Å². The highest BCUT2D eigenvalue weighted by Gasteiger charge is 2.23. The van der Waals surface area contributed by atoms with Crippen LogP contribution in [0.4, 0.5) is 0 Å². The Morgan fingerprint density at radius 1 is 0.554 bits per heavy atom. The second kappa shape index (κ2) is 46.0. The number of unbranched alkanes of at least 4 members (excludes halogenated alkanes) is 13. The normalized spacial score (nSPS) is 15.1. The smallest absolute Gasteiger partial charge is 0.268 e. The molecule has 1 amide bonds. The molecule has 0 aliphatic heterocycles. The molecule has 8 nitrogen and oxygen atoms in total. The molecule has 370 valence electrons. The fourth-order valence-corrected chi connectivity index (χ4v) is 7.16. The second-order valence-corrected chi connectivity index (χ2v) is 19.2. The quantitative estimate of drug-likeness (QED) is 0.0273. The number of phosphoric acid groups is 1. The molecule has 0 fully saturated rings. The summed E-state index contributed by atoms with van der Waals surface area (Å²) in [6, 6.07) is -0.904. The third-order valence-electron chi connectivity index (χ3n) is 10.4. The van der Waals surface area contributed by atoms with Gasteiger partial charge in [0.05, 0.1) is 39.9 Å². The Bertz CT molecular complexity index is 1460.